The van der Waals surface area contributed by atoms with E-state index in [2.05, 4.69) is 22.7 Å². The minimum absolute atomic E-state index is 0.281. The molecule has 20 heavy (non-hydrogen) atoms. The smallest absolute Gasteiger partial charge is 0.337 e. The maximum atomic E-state index is 11.5. The minimum atomic E-state index is -0.881. The van der Waals surface area contributed by atoms with Crippen molar-refractivity contribution in [2.24, 2.45) is 0 Å². The Labute approximate surface area is 122 Å². The van der Waals surface area contributed by atoms with Crippen LogP contribution in [0.25, 0.3) is 11.0 Å². The van der Waals surface area contributed by atoms with Crippen LogP contribution >= 0.6 is 11.8 Å². The van der Waals surface area contributed by atoms with E-state index in [1.54, 1.807) is 12.1 Å². The highest BCUT2D eigenvalue weighted by atomic mass is 32.2. The first-order valence-corrected chi connectivity index (χ1v) is 8.09. The molecule has 0 bridgehead atoms. The second kappa shape index (κ2) is 4.81. The number of thioether (sulfide) groups is 1. The molecule has 0 radical (unpaired) electrons. The van der Waals surface area contributed by atoms with Crippen LogP contribution in [0, 0.1) is 0 Å². The van der Waals surface area contributed by atoms with Crippen molar-refractivity contribution in [2.75, 3.05) is 6.26 Å². The van der Waals surface area contributed by atoms with Gasteiger partial charge in [-0.3, -0.25) is 0 Å². The van der Waals surface area contributed by atoms with Gasteiger partial charge in [0.1, 0.15) is 5.82 Å². The Morgan fingerprint density at radius 2 is 2.25 bits per heavy atom. The molecule has 2 aromatic rings. The molecule has 1 heterocycles. The Morgan fingerprint density at radius 3 is 2.80 bits per heavy atom. The molecule has 106 valence electrons. The fourth-order valence-electron chi connectivity index (χ4n) is 2.70. The van der Waals surface area contributed by atoms with Gasteiger partial charge < -0.3 is 9.67 Å². The van der Waals surface area contributed by atoms with Gasteiger partial charge in [0.15, 0.2) is 0 Å². The number of aryl methyl sites for hydroxylation is 1. The van der Waals surface area contributed by atoms with E-state index < -0.39 is 5.97 Å². The van der Waals surface area contributed by atoms with Gasteiger partial charge in [0.25, 0.3) is 0 Å². The molecule has 0 saturated heterocycles. The zero-order chi connectivity index (χ0) is 14.3. The summed E-state index contributed by atoms with van der Waals surface area (Å²) in [5.41, 5.74) is 1.92. The molecule has 0 spiro atoms. The molecule has 0 aliphatic heterocycles. The first kappa shape index (κ1) is 13.5. The van der Waals surface area contributed by atoms with Crippen molar-refractivity contribution in [1.82, 2.24) is 9.55 Å². The molecule has 1 aliphatic carbocycles. The highest BCUT2D eigenvalue weighted by Crippen LogP contribution is 2.49. The van der Waals surface area contributed by atoms with Crippen molar-refractivity contribution >= 4 is 28.8 Å². The quantitative estimate of drug-likeness (QED) is 0.919. The van der Waals surface area contributed by atoms with Crippen molar-refractivity contribution in [1.29, 1.82) is 0 Å². The number of imidazole rings is 1. The Bertz CT molecular complexity index is 674. The van der Waals surface area contributed by atoms with Crippen LogP contribution in [0.2, 0.25) is 0 Å². The number of nitrogens with zero attached hydrogens (tertiary/aromatic N) is 2. The molecule has 1 aromatic carbocycles. The Balaban J connectivity index is 2.19. The summed E-state index contributed by atoms with van der Waals surface area (Å²) in [6, 6.07) is 5.33. The average molecular weight is 290 g/mol. The summed E-state index contributed by atoms with van der Waals surface area (Å²) in [7, 11) is 0. The monoisotopic (exact) mass is 290 g/mol. The molecule has 1 saturated carbocycles. The molecule has 0 unspecified atom stereocenters. The third kappa shape index (κ3) is 2.10. The number of hydrogen-bond acceptors (Lipinski definition) is 3. The van der Waals surface area contributed by atoms with E-state index in [-0.39, 0.29) is 4.75 Å². The van der Waals surface area contributed by atoms with Crippen LogP contribution in [-0.2, 0) is 13.0 Å². The van der Waals surface area contributed by atoms with Crippen LogP contribution in [0.5, 0.6) is 0 Å². The zero-order valence-corrected chi connectivity index (χ0v) is 12.5. The first-order valence-electron chi connectivity index (χ1n) is 6.87. The van der Waals surface area contributed by atoms with Crippen LogP contribution in [0.15, 0.2) is 18.2 Å². The lowest BCUT2D eigenvalue weighted by Crippen LogP contribution is -2.17. The normalized spacial score (nSPS) is 16.5. The summed E-state index contributed by atoms with van der Waals surface area (Å²) in [4.78, 5) is 16.1. The first-order chi connectivity index (χ1) is 9.60. The van der Waals surface area contributed by atoms with Gasteiger partial charge in [0, 0.05) is 17.7 Å². The molecule has 5 heteroatoms. The van der Waals surface area contributed by atoms with Gasteiger partial charge in [-0.25, -0.2) is 9.78 Å². The second-order valence-electron chi connectivity index (χ2n) is 5.33. The molecular formula is C15H18N2O2S. The molecule has 1 aliphatic rings. The average Bonchev–Trinajstić information content (AvgIpc) is 3.14. The molecule has 1 aromatic heterocycles. The lowest BCUT2D eigenvalue weighted by molar-refractivity contribution is 0.0698. The number of fused-ring (bicyclic) bond motifs is 1. The fourth-order valence-corrected chi connectivity index (χ4v) is 3.47. The molecule has 1 N–H and O–H groups in total. The number of hydrogen-bond donors (Lipinski definition) is 1. The summed E-state index contributed by atoms with van der Waals surface area (Å²) >= 11 is 1.88. The highest BCUT2D eigenvalue weighted by Gasteiger charge is 2.43. The zero-order valence-electron chi connectivity index (χ0n) is 11.7. The summed E-state index contributed by atoms with van der Waals surface area (Å²) in [6.45, 7) is 2.93. The van der Waals surface area contributed by atoms with E-state index in [1.807, 2.05) is 17.8 Å². The number of rotatable bonds is 5. The SMILES string of the molecule is CCc1nc2cccc(C(=O)O)c2n1CC1(SC)CC1. The predicted octanol–water partition coefficient (Wildman–Crippen LogP) is 3.19. The molecular weight excluding hydrogens is 272 g/mol. The van der Waals surface area contributed by atoms with Gasteiger partial charge in [-0.05, 0) is 31.2 Å². The topological polar surface area (TPSA) is 55.1 Å². The van der Waals surface area contributed by atoms with E-state index in [0.717, 1.165) is 29.8 Å². The minimum Gasteiger partial charge on any atom is -0.478 e. The van der Waals surface area contributed by atoms with Crippen LogP contribution in [-0.4, -0.2) is 31.6 Å². The number of carboxylic acid groups (broad SMARTS) is 1. The molecule has 0 amide bonds. The number of aromatic nitrogens is 2. The van der Waals surface area contributed by atoms with E-state index in [0.29, 0.717) is 5.56 Å². The summed E-state index contributed by atoms with van der Waals surface area (Å²) < 4.78 is 2.41. The van der Waals surface area contributed by atoms with E-state index in [1.165, 1.54) is 12.8 Å². The van der Waals surface area contributed by atoms with Crippen LogP contribution < -0.4 is 0 Å². The van der Waals surface area contributed by atoms with Gasteiger partial charge in [0.2, 0.25) is 0 Å². The molecule has 0 atom stereocenters. The van der Waals surface area contributed by atoms with Crippen molar-refractivity contribution in [3.63, 3.8) is 0 Å². The van der Waals surface area contributed by atoms with Gasteiger partial charge >= 0.3 is 5.97 Å². The summed E-state index contributed by atoms with van der Waals surface area (Å²) in [6.07, 6.45) is 5.35. The molecule has 3 rings (SSSR count). The maximum Gasteiger partial charge on any atom is 0.337 e. The van der Waals surface area contributed by atoms with E-state index in [9.17, 15) is 9.90 Å². The lowest BCUT2D eigenvalue weighted by Gasteiger charge is -2.16. The number of carboxylic acids is 1. The largest absolute Gasteiger partial charge is 0.478 e. The van der Waals surface area contributed by atoms with E-state index in [4.69, 9.17) is 0 Å². The molecule has 4 nitrogen and oxygen atoms in total. The number of benzene rings is 1. The standard InChI is InChI=1S/C15H18N2O2S/c1-3-12-16-11-6-4-5-10(14(18)19)13(11)17(12)9-15(20-2)7-8-15/h4-6H,3,7-9H2,1-2H3,(H,18,19). The maximum absolute atomic E-state index is 11.5. The van der Waals surface area contributed by atoms with Crippen molar-refractivity contribution in [3.05, 3.63) is 29.6 Å². The number of aromatic carboxylic acids is 1. The van der Waals surface area contributed by atoms with Crippen molar-refractivity contribution < 1.29 is 9.90 Å². The van der Waals surface area contributed by atoms with Gasteiger partial charge in [-0.1, -0.05) is 13.0 Å². The number of para-hydroxylation sites is 1. The highest BCUT2D eigenvalue weighted by molar-refractivity contribution is 8.00. The van der Waals surface area contributed by atoms with Crippen LogP contribution in [0.1, 0.15) is 35.9 Å². The Morgan fingerprint density at radius 1 is 1.50 bits per heavy atom. The fraction of sp³-hybridized carbons (Fsp3) is 0.467. The van der Waals surface area contributed by atoms with Crippen LogP contribution in [0.4, 0.5) is 0 Å². The van der Waals surface area contributed by atoms with Gasteiger partial charge in [-0.15, -0.1) is 0 Å². The molecule has 1 fully saturated rings. The third-order valence-corrected chi connectivity index (χ3v) is 5.48. The summed E-state index contributed by atoms with van der Waals surface area (Å²) in [5.74, 6) is 0.0995. The summed E-state index contributed by atoms with van der Waals surface area (Å²) in [5, 5.41) is 9.41. The Hall–Kier alpha value is -1.49. The van der Waals surface area contributed by atoms with Crippen LogP contribution in [0.3, 0.4) is 0 Å². The lowest BCUT2D eigenvalue weighted by atomic mass is 10.2. The predicted molar refractivity (Wildman–Crippen MR) is 81.6 cm³/mol. The third-order valence-electron chi connectivity index (χ3n) is 4.08. The second-order valence-corrected chi connectivity index (χ2v) is 6.61. The van der Waals surface area contributed by atoms with E-state index >= 15 is 0 Å². The van der Waals surface area contributed by atoms with Crippen molar-refractivity contribution in [3.8, 4) is 0 Å². The Kier molecular flexibility index (Phi) is 3.24. The number of carbonyl (C=O) groups is 1. The van der Waals surface area contributed by atoms with Crippen molar-refractivity contribution in [2.45, 2.75) is 37.5 Å². The van der Waals surface area contributed by atoms with Gasteiger partial charge in [0.05, 0.1) is 16.6 Å². The van der Waals surface area contributed by atoms with Gasteiger partial charge in [-0.2, -0.15) is 11.8 Å².